The molecule has 0 bridgehead atoms. The molecule has 0 saturated carbocycles. The maximum Gasteiger partial charge on any atom is 0.323 e. The Kier molecular flexibility index (Phi) is 1.39. The van der Waals surface area contributed by atoms with E-state index in [2.05, 4.69) is 0 Å². The van der Waals surface area contributed by atoms with Gasteiger partial charge >= 0.3 is 6.92 Å². The first-order valence-corrected chi connectivity index (χ1v) is 2.53. The molecule has 0 aliphatic carbocycles. The molecule has 3 heteroatoms. The Morgan fingerprint density at radius 1 is 1.62 bits per heavy atom. The SMILES string of the molecule is OB1C=CC=C(O)C1. The van der Waals surface area contributed by atoms with Crippen LogP contribution in [0.3, 0.4) is 0 Å². The minimum Gasteiger partial charge on any atom is -0.513 e. The molecule has 0 radical (unpaired) electrons. The largest absolute Gasteiger partial charge is 0.513 e. The smallest absolute Gasteiger partial charge is 0.323 e. The first-order chi connectivity index (χ1) is 3.79. The third kappa shape index (κ3) is 1.14. The number of aliphatic hydroxyl groups excluding tert-OH is 1. The highest BCUT2D eigenvalue weighted by Gasteiger charge is 2.10. The van der Waals surface area contributed by atoms with Crippen molar-refractivity contribution in [3.05, 3.63) is 23.9 Å². The van der Waals surface area contributed by atoms with Crippen molar-refractivity contribution in [3.8, 4) is 0 Å². The summed E-state index contributed by atoms with van der Waals surface area (Å²) < 4.78 is 0. The van der Waals surface area contributed by atoms with E-state index in [-0.39, 0.29) is 5.76 Å². The molecule has 0 saturated heterocycles. The molecule has 2 nitrogen and oxygen atoms in total. The topological polar surface area (TPSA) is 40.5 Å². The van der Waals surface area contributed by atoms with Crippen molar-refractivity contribution in [2.45, 2.75) is 6.32 Å². The molecule has 2 N–H and O–H groups in total. The van der Waals surface area contributed by atoms with Crippen LogP contribution in [0.2, 0.25) is 6.32 Å². The predicted molar refractivity (Wildman–Crippen MR) is 32.6 cm³/mol. The lowest BCUT2D eigenvalue weighted by Crippen LogP contribution is -2.11. The lowest BCUT2D eigenvalue weighted by Gasteiger charge is -2.02. The van der Waals surface area contributed by atoms with Crippen LogP contribution in [-0.4, -0.2) is 17.0 Å². The molecule has 0 amide bonds. The van der Waals surface area contributed by atoms with E-state index in [0.29, 0.717) is 6.32 Å². The number of hydrogen-bond acceptors (Lipinski definition) is 2. The van der Waals surface area contributed by atoms with E-state index in [4.69, 9.17) is 10.1 Å². The molecule has 0 aromatic heterocycles. The monoisotopic (exact) mass is 110 g/mol. The second kappa shape index (κ2) is 2.05. The Morgan fingerprint density at radius 3 is 2.75 bits per heavy atom. The molecule has 1 heterocycles. The number of rotatable bonds is 0. The van der Waals surface area contributed by atoms with Gasteiger partial charge in [0.1, 0.15) is 0 Å². The van der Waals surface area contributed by atoms with E-state index >= 15 is 0 Å². The molecule has 0 aromatic rings. The second-order valence-corrected chi connectivity index (χ2v) is 1.81. The van der Waals surface area contributed by atoms with Gasteiger partial charge in [-0.1, -0.05) is 12.1 Å². The van der Waals surface area contributed by atoms with Crippen molar-refractivity contribution >= 4 is 6.92 Å². The fourth-order valence-corrected chi connectivity index (χ4v) is 0.645. The van der Waals surface area contributed by atoms with Crippen molar-refractivity contribution in [2.75, 3.05) is 0 Å². The van der Waals surface area contributed by atoms with Crippen LogP contribution in [-0.2, 0) is 0 Å². The Bertz CT molecular complexity index is 139. The first-order valence-electron chi connectivity index (χ1n) is 2.53. The van der Waals surface area contributed by atoms with E-state index in [1.54, 1.807) is 18.1 Å². The molecule has 0 fully saturated rings. The zero-order valence-corrected chi connectivity index (χ0v) is 4.41. The maximum absolute atomic E-state index is 8.79. The van der Waals surface area contributed by atoms with Crippen LogP contribution in [0.25, 0.3) is 0 Å². The lowest BCUT2D eigenvalue weighted by atomic mass is 9.63. The van der Waals surface area contributed by atoms with E-state index in [1.165, 1.54) is 0 Å². The van der Waals surface area contributed by atoms with E-state index in [1.807, 2.05) is 0 Å². The van der Waals surface area contributed by atoms with Crippen LogP contribution in [0.4, 0.5) is 0 Å². The third-order valence-corrected chi connectivity index (χ3v) is 1.04. The molecule has 0 atom stereocenters. The molecular weight excluding hydrogens is 103 g/mol. The zero-order valence-electron chi connectivity index (χ0n) is 4.41. The fourth-order valence-electron chi connectivity index (χ4n) is 0.645. The highest BCUT2D eigenvalue weighted by Crippen LogP contribution is 2.06. The van der Waals surface area contributed by atoms with Gasteiger partial charge in [0.25, 0.3) is 0 Å². The quantitative estimate of drug-likeness (QED) is 0.446. The van der Waals surface area contributed by atoms with Crippen LogP contribution in [0.1, 0.15) is 0 Å². The van der Waals surface area contributed by atoms with Gasteiger partial charge in [0.05, 0.1) is 5.76 Å². The first kappa shape index (κ1) is 5.44. The third-order valence-electron chi connectivity index (χ3n) is 1.04. The standard InChI is InChI=1S/C5H7BO2/c7-5-2-1-3-6(8)4-5/h1-3,7-8H,4H2. The highest BCUT2D eigenvalue weighted by atomic mass is 16.3. The number of hydrogen-bond donors (Lipinski definition) is 2. The van der Waals surface area contributed by atoms with Gasteiger partial charge in [0.2, 0.25) is 0 Å². The Hall–Kier alpha value is -0.695. The molecule has 0 aromatic carbocycles. The van der Waals surface area contributed by atoms with Crippen LogP contribution in [0.15, 0.2) is 23.9 Å². The summed E-state index contributed by atoms with van der Waals surface area (Å²) in [6, 6.07) is 0. The van der Waals surface area contributed by atoms with Gasteiger partial charge in [0.15, 0.2) is 0 Å². The van der Waals surface area contributed by atoms with Crippen LogP contribution in [0, 0.1) is 0 Å². The normalized spacial score (nSPS) is 18.6. The summed E-state index contributed by atoms with van der Waals surface area (Å²) in [4.78, 5) is 0. The zero-order chi connectivity index (χ0) is 5.98. The summed E-state index contributed by atoms with van der Waals surface area (Å²) in [5, 5.41) is 17.5. The summed E-state index contributed by atoms with van der Waals surface area (Å²) in [6.45, 7) is -0.486. The summed E-state index contributed by atoms with van der Waals surface area (Å²) in [5.41, 5.74) is 0. The van der Waals surface area contributed by atoms with Gasteiger partial charge in [-0.25, -0.2) is 0 Å². The molecule has 42 valence electrons. The summed E-state index contributed by atoms with van der Waals surface area (Å²) >= 11 is 0. The molecule has 0 unspecified atom stereocenters. The van der Waals surface area contributed by atoms with Gasteiger partial charge in [-0.3, -0.25) is 0 Å². The van der Waals surface area contributed by atoms with Gasteiger partial charge in [0, 0.05) is 6.32 Å². The van der Waals surface area contributed by atoms with Gasteiger partial charge in [-0.15, -0.1) is 0 Å². The molecule has 1 aliphatic rings. The van der Waals surface area contributed by atoms with E-state index in [0.717, 1.165) is 0 Å². The Balaban J connectivity index is 2.59. The highest BCUT2D eigenvalue weighted by molar-refractivity contribution is 6.57. The van der Waals surface area contributed by atoms with E-state index in [9.17, 15) is 0 Å². The minimum absolute atomic E-state index is 0.250. The summed E-state index contributed by atoms with van der Waals surface area (Å²) in [5.74, 6) is 1.89. The van der Waals surface area contributed by atoms with Crippen LogP contribution < -0.4 is 0 Å². The molecule has 1 rings (SSSR count). The van der Waals surface area contributed by atoms with Crippen molar-refractivity contribution < 1.29 is 10.1 Å². The molecule has 8 heavy (non-hydrogen) atoms. The predicted octanol–water partition coefficient (Wildman–Crippen LogP) is 0.521. The average molecular weight is 110 g/mol. The van der Waals surface area contributed by atoms with Crippen molar-refractivity contribution in [3.63, 3.8) is 0 Å². The van der Waals surface area contributed by atoms with Crippen molar-refractivity contribution in [1.82, 2.24) is 0 Å². The summed E-state index contributed by atoms with van der Waals surface area (Å²) in [6.07, 6.45) is 3.58. The molecule has 1 aliphatic heterocycles. The Morgan fingerprint density at radius 2 is 2.38 bits per heavy atom. The average Bonchev–Trinajstić information content (AvgIpc) is 1.64. The Labute approximate surface area is 48.3 Å². The fraction of sp³-hybridized carbons (Fsp3) is 0.200. The minimum atomic E-state index is -0.486. The van der Waals surface area contributed by atoms with Crippen molar-refractivity contribution in [2.24, 2.45) is 0 Å². The molecule has 0 spiro atoms. The summed E-state index contributed by atoms with van der Waals surface area (Å²) in [7, 11) is 0. The number of aliphatic hydroxyl groups is 1. The number of allylic oxidation sites excluding steroid dienone is 3. The van der Waals surface area contributed by atoms with Gasteiger partial charge in [-0.2, -0.15) is 0 Å². The van der Waals surface area contributed by atoms with Gasteiger partial charge in [-0.05, 0) is 6.08 Å². The van der Waals surface area contributed by atoms with Crippen LogP contribution in [0.5, 0.6) is 0 Å². The van der Waals surface area contributed by atoms with Crippen molar-refractivity contribution in [1.29, 1.82) is 0 Å². The second-order valence-electron chi connectivity index (χ2n) is 1.81. The van der Waals surface area contributed by atoms with Gasteiger partial charge < -0.3 is 10.1 Å². The lowest BCUT2D eigenvalue weighted by molar-refractivity contribution is 0.407. The maximum atomic E-state index is 8.79. The van der Waals surface area contributed by atoms with E-state index < -0.39 is 6.92 Å². The molecular formula is C5H7BO2. The van der Waals surface area contributed by atoms with Crippen LogP contribution >= 0.6 is 0 Å².